The summed E-state index contributed by atoms with van der Waals surface area (Å²) in [6, 6.07) is 12.4. The first kappa shape index (κ1) is 24.2. The minimum absolute atomic E-state index is 0.0341. The van der Waals surface area contributed by atoms with Crippen LogP contribution in [0.15, 0.2) is 53.6 Å². The lowest BCUT2D eigenvalue weighted by Gasteiger charge is -2.37. The number of hydrogen-bond acceptors (Lipinski definition) is 5. The summed E-state index contributed by atoms with van der Waals surface area (Å²) in [4.78, 5) is 14.0. The molecule has 0 aromatic heterocycles. The van der Waals surface area contributed by atoms with Crippen molar-refractivity contribution in [1.82, 2.24) is 15.2 Å². The Morgan fingerprint density at radius 1 is 1.29 bits per heavy atom. The third-order valence-electron chi connectivity index (χ3n) is 5.91. The summed E-state index contributed by atoms with van der Waals surface area (Å²) >= 11 is 1.18. The number of nitrogens with zero attached hydrogens (tertiary/aromatic N) is 3. The van der Waals surface area contributed by atoms with Gasteiger partial charge in [-0.05, 0) is 49.9 Å². The van der Waals surface area contributed by atoms with Gasteiger partial charge in [0.15, 0.2) is 5.96 Å². The van der Waals surface area contributed by atoms with Gasteiger partial charge in [-0.3, -0.25) is 10.2 Å². The largest absolute Gasteiger partial charge is 0.383 e. The Morgan fingerprint density at radius 3 is 2.76 bits per heavy atom. The predicted molar refractivity (Wildman–Crippen MR) is 128 cm³/mol. The number of rotatable bonds is 7. The van der Waals surface area contributed by atoms with E-state index in [2.05, 4.69) is 10.4 Å². The van der Waals surface area contributed by atoms with Crippen molar-refractivity contribution in [2.24, 2.45) is 5.10 Å². The van der Waals surface area contributed by atoms with Gasteiger partial charge in [0.1, 0.15) is 27.7 Å². The van der Waals surface area contributed by atoms with E-state index in [4.69, 9.17) is 5.41 Å². The molecule has 2 heterocycles. The predicted octanol–water partition coefficient (Wildman–Crippen LogP) is 3.45. The number of guanidine groups is 1. The number of aliphatic hydroxyl groups is 1. The normalized spacial score (nSPS) is 21.3. The highest BCUT2D eigenvalue weighted by Gasteiger charge is 2.49. The highest BCUT2D eigenvalue weighted by molar-refractivity contribution is 8.15. The van der Waals surface area contributed by atoms with Crippen molar-refractivity contribution in [3.63, 3.8) is 0 Å². The number of hydrogen-bond donors (Lipinski definition) is 3. The molecule has 180 valence electrons. The number of hydrazone groups is 1. The maximum atomic E-state index is 14.6. The number of thioether (sulfide) groups is 1. The summed E-state index contributed by atoms with van der Waals surface area (Å²) in [5.41, 5.74) is 0.726. The van der Waals surface area contributed by atoms with Crippen LogP contribution in [0.3, 0.4) is 0 Å². The smallest absolute Gasteiger partial charge is 0.272 e. The summed E-state index contributed by atoms with van der Waals surface area (Å²) in [7, 11) is 0. The third-order valence-corrected chi connectivity index (χ3v) is 7.35. The van der Waals surface area contributed by atoms with Crippen LogP contribution in [0.5, 0.6) is 0 Å². The van der Waals surface area contributed by atoms with E-state index in [0.29, 0.717) is 25.3 Å². The van der Waals surface area contributed by atoms with E-state index < -0.39 is 28.5 Å². The molecule has 0 aliphatic carbocycles. The van der Waals surface area contributed by atoms with E-state index in [9.17, 15) is 18.7 Å². The first-order valence-corrected chi connectivity index (χ1v) is 12.0. The van der Waals surface area contributed by atoms with E-state index in [1.807, 2.05) is 35.2 Å². The van der Waals surface area contributed by atoms with Crippen molar-refractivity contribution in [2.45, 2.75) is 37.2 Å². The van der Waals surface area contributed by atoms with Gasteiger partial charge < -0.3 is 15.3 Å². The Morgan fingerprint density at radius 2 is 2.06 bits per heavy atom. The van der Waals surface area contributed by atoms with Crippen molar-refractivity contribution < 1.29 is 18.7 Å². The average molecular weight is 488 g/mol. The Hall–Kier alpha value is -2.98. The van der Waals surface area contributed by atoms with Crippen molar-refractivity contribution in [3.05, 3.63) is 71.3 Å². The minimum atomic E-state index is -1.33. The minimum Gasteiger partial charge on any atom is -0.383 e. The van der Waals surface area contributed by atoms with E-state index in [1.165, 1.54) is 23.7 Å². The molecule has 1 saturated heterocycles. The van der Waals surface area contributed by atoms with Crippen molar-refractivity contribution in [2.75, 3.05) is 19.6 Å². The number of benzene rings is 2. The molecule has 10 heteroatoms. The number of halogens is 2. The van der Waals surface area contributed by atoms with Gasteiger partial charge >= 0.3 is 0 Å². The lowest BCUT2D eigenvalue weighted by molar-refractivity contribution is -0.143. The molecule has 2 aliphatic heterocycles. The van der Waals surface area contributed by atoms with E-state index in [-0.39, 0.29) is 10.6 Å². The molecule has 2 aromatic rings. The summed E-state index contributed by atoms with van der Waals surface area (Å²) in [5.74, 6) is -1.51. The van der Waals surface area contributed by atoms with Gasteiger partial charge in [-0.2, -0.15) is 5.10 Å². The molecule has 2 aliphatic rings. The lowest BCUT2D eigenvalue weighted by atomic mass is 9.99. The Balaban J connectivity index is 1.71. The van der Waals surface area contributed by atoms with Crippen LogP contribution >= 0.6 is 11.8 Å². The second-order valence-corrected chi connectivity index (χ2v) is 9.59. The van der Waals surface area contributed by atoms with Crippen LogP contribution in [0.2, 0.25) is 0 Å². The molecule has 7 nitrogen and oxygen atoms in total. The molecular weight excluding hydrogens is 460 g/mol. The molecule has 0 bridgehead atoms. The van der Waals surface area contributed by atoms with E-state index in [0.717, 1.165) is 43.3 Å². The Bertz CT molecular complexity index is 1100. The average Bonchev–Trinajstić information content (AvgIpc) is 3.22. The van der Waals surface area contributed by atoms with Crippen LogP contribution in [0, 0.1) is 17.0 Å². The van der Waals surface area contributed by atoms with Gasteiger partial charge in [-0.25, -0.2) is 13.8 Å². The molecule has 1 fully saturated rings. The van der Waals surface area contributed by atoms with Gasteiger partial charge in [0, 0.05) is 25.2 Å². The summed E-state index contributed by atoms with van der Waals surface area (Å²) in [6.07, 6.45) is 0.626. The second kappa shape index (κ2) is 10.1. The standard InChI is InChI=1S/C24H27F2N5O2S/c1-16(32)22(33)31-24(17-7-3-2-4-8-17,11-5-13-30-14-6-12-28-23(30)27)34-21(29-31)19-15-18(25)9-10-20(19)26/h2-4,7-10,15-16,32H,5-6,11-14H2,1H3,(H2,27,28)/t16-,24?/m0/s1. The first-order chi connectivity index (χ1) is 16.3. The van der Waals surface area contributed by atoms with Crippen molar-refractivity contribution >= 4 is 28.7 Å². The van der Waals surface area contributed by atoms with Crippen LogP contribution in [0.1, 0.15) is 37.3 Å². The van der Waals surface area contributed by atoms with Crippen molar-refractivity contribution in [1.29, 1.82) is 5.41 Å². The highest BCUT2D eigenvalue weighted by Crippen LogP contribution is 2.50. The summed E-state index contributed by atoms with van der Waals surface area (Å²) in [5, 5.41) is 27.1. The van der Waals surface area contributed by atoms with Crippen LogP contribution in [-0.2, 0) is 9.67 Å². The molecule has 0 saturated carbocycles. The zero-order valence-electron chi connectivity index (χ0n) is 18.8. The highest BCUT2D eigenvalue weighted by atomic mass is 32.2. The van der Waals surface area contributed by atoms with Crippen molar-refractivity contribution in [3.8, 4) is 0 Å². The molecule has 0 spiro atoms. The molecule has 34 heavy (non-hydrogen) atoms. The Labute approximate surface area is 201 Å². The maximum Gasteiger partial charge on any atom is 0.272 e. The third kappa shape index (κ3) is 4.78. The molecule has 0 radical (unpaired) electrons. The van der Waals surface area contributed by atoms with E-state index >= 15 is 0 Å². The fourth-order valence-electron chi connectivity index (χ4n) is 4.18. The van der Waals surface area contributed by atoms with Crippen LogP contribution < -0.4 is 5.32 Å². The fourth-order valence-corrected chi connectivity index (χ4v) is 5.61. The summed E-state index contributed by atoms with van der Waals surface area (Å²) in [6.45, 7) is 3.48. The summed E-state index contributed by atoms with van der Waals surface area (Å²) < 4.78 is 28.6. The first-order valence-electron chi connectivity index (χ1n) is 11.2. The number of aliphatic hydroxyl groups excluding tert-OH is 1. The molecule has 1 amide bonds. The number of carbonyl (C=O) groups is 1. The van der Waals surface area contributed by atoms with Gasteiger partial charge in [0.2, 0.25) is 0 Å². The monoisotopic (exact) mass is 487 g/mol. The number of nitrogens with one attached hydrogen (secondary N) is 2. The quantitative estimate of drug-likeness (QED) is 0.557. The van der Waals surface area contributed by atoms with Crippen LogP contribution in [-0.4, -0.2) is 57.7 Å². The number of carbonyl (C=O) groups excluding carboxylic acids is 1. The molecule has 2 atom stereocenters. The lowest BCUT2D eigenvalue weighted by Crippen LogP contribution is -2.48. The Kier molecular flexibility index (Phi) is 7.18. The van der Waals surface area contributed by atoms with Gasteiger partial charge in [0.05, 0.1) is 0 Å². The van der Waals surface area contributed by atoms with Crippen LogP contribution in [0.4, 0.5) is 8.78 Å². The zero-order chi connectivity index (χ0) is 24.3. The van der Waals surface area contributed by atoms with Gasteiger partial charge in [0.25, 0.3) is 5.91 Å². The molecular formula is C24H27F2N5O2S. The van der Waals surface area contributed by atoms with Gasteiger partial charge in [-0.15, -0.1) is 0 Å². The molecule has 3 N–H and O–H groups in total. The second-order valence-electron chi connectivity index (χ2n) is 8.33. The SMILES string of the molecule is C[C@H](O)C(=O)N1N=C(c2cc(F)ccc2F)SC1(CCCN1CCCNC1=N)c1ccccc1. The van der Waals surface area contributed by atoms with Crippen LogP contribution in [0.25, 0.3) is 0 Å². The van der Waals surface area contributed by atoms with E-state index in [1.54, 1.807) is 0 Å². The topological polar surface area (TPSA) is 92.0 Å². The number of amides is 1. The maximum absolute atomic E-state index is 14.6. The molecule has 1 unspecified atom stereocenters. The van der Waals surface area contributed by atoms with Gasteiger partial charge in [-0.1, -0.05) is 42.1 Å². The molecule has 4 rings (SSSR count). The fraction of sp³-hybridized carbons (Fsp3) is 0.375. The zero-order valence-corrected chi connectivity index (χ0v) is 19.6. The molecule has 2 aromatic carbocycles.